The van der Waals surface area contributed by atoms with Crippen molar-refractivity contribution in [1.82, 2.24) is 19.9 Å². The molecular weight excluding hydrogens is 372 g/mol. The van der Waals surface area contributed by atoms with Gasteiger partial charge in [-0.1, -0.05) is 11.3 Å². The van der Waals surface area contributed by atoms with E-state index in [1.165, 1.54) is 6.42 Å². The molecular formula is C19H20N8S. The van der Waals surface area contributed by atoms with E-state index in [2.05, 4.69) is 36.1 Å². The van der Waals surface area contributed by atoms with Crippen molar-refractivity contribution in [2.75, 3.05) is 41.3 Å². The topological polar surface area (TPSA) is 93.9 Å². The molecule has 0 radical (unpaired) electrons. The maximum absolute atomic E-state index is 9.26. The van der Waals surface area contributed by atoms with Crippen molar-refractivity contribution in [3.8, 4) is 6.07 Å². The van der Waals surface area contributed by atoms with Crippen LogP contribution < -0.4 is 15.1 Å². The number of aromatic nitrogens is 4. The minimum absolute atomic E-state index is 0.0810. The van der Waals surface area contributed by atoms with E-state index in [1.807, 2.05) is 12.1 Å². The summed E-state index contributed by atoms with van der Waals surface area (Å²) in [5, 5.41) is 13.5. The summed E-state index contributed by atoms with van der Waals surface area (Å²) in [6, 6.07) is 6.29. The zero-order chi connectivity index (χ0) is 18.9. The largest absolute Gasteiger partial charge is 0.356 e. The number of hydrogen-bond acceptors (Lipinski definition) is 9. The number of rotatable bonds is 4. The number of nitrogens with one attached hydrogen (secondary N) is 1. The molecule has 3 aromatic rings. The Morgan fingerprint density at radius 1 is 1.14 bits per heavy atom. The highest BCUT2D eigenvalue weighted by atomic mass is 32.1. The second-order valence-electron chi connectivity index (χ2n) is 7.15. The normalized spacial score (nSPS) is 19.3. The number of nitrogens with zero attached hydrogens (tertiary/aromatic N) is 7. The van der Waals surface area contributed by atoms with Crippen molar-refractivity contribution in [2.24, 2.45) is 5.92 Å². The lowest BCUT2D eigenvalue weighted by atomic mass is 10.0. The second kappa shape index (κ2) is 7.20. The molecule has 2 aliphatic rings. The molecule has 5 heterocycles. The van der Waals surface area contributed by atoms with Gasteiger partial charge in [0.15, 0.2) is 10.9 Å². The monoisotopic (exact) mass is 392 g/mol. The van der Waals surface area contributed by atoms with Gasteiger partial charge in [-0.2, -0.15) is 5.26 Å². The first kappa shape index (κ1) is 17.1. The maximum Gasteiger partial charge on any atom is 0.186 e. The Bertz CT molecular complexity index is 1040. The van der Waals surface area contributed by atoms with Crippen LogP contribution in [0.4, 0.5) is 22.6 Å². The predicted molar refractivity (Wildman–Crippen MR) is 110 cm³/mol. The molecule has 28 heavy (non-hydrogen) atoms. The van der Waals surface area contributed by atoms with Gasteiger partial charge in [-0.3, -0.25) is 0 Å². The molecule has 8 nitrogen and oxygen atoms in total. The zero-order valence-corrected chi connectivity index (χ0v) is 16.2. The molecule has 142 valence electrons. The summed E-state index contributed by atoms with van der Waals surface area (Å²) in [5.41, 5.74) is 0.911. The SMILES string of the molecule is N#CC1CCCN(c2nc3ccnc(Nc4cc(N5CCC5)ncn4)c3s2)C1. The van der Waals surface area contributed by atoms with Crippen LogP contribution >= 0.6 is 11.3 Å². The number of piperidine rings is 1. The van der Waals surface area contributed by atoms with Crippen LogP contribution in [-0.2, 0) is 0 Å². The third-order valence-corrected chi connectivity index (χ3v) is 6.39. The number of pyridine rings is 1. The van der Waals surface area contributed by atoms with Crippen LogP contribution in [0.1, 0.15) is 19.3 Å². The Balaban J connectivity index is 1.42. The number of nitriles is 1. The fraction of sp³-hybridized carbons (Fsp3) is 0.421. The van der Waals surface area contributed by atoms with Crippen LogP contribution in [-0.4, -0.2) is 46.1 Å². The molecule has 9 heteroatoms. The number of anilines is 4. The summed E-state index contributed by atoms with van der Waals surface area (Å²) in [6.45, 7) is 3.78. The predicted octanol–water partition coefficient (Wildman–Crippen LogP) is 3.17. The van der Waals surface area contributed by atoms with Crippen LogP contribution in [0.2, 0.25) is 0 Å². The summed E-state index contributed by atoms with van der Waals surface area (Å²) >= 11 is 1.61. The van der Waals surface area contributed by atoms with Crippen molar-refractivity contribution < 1.29 is 0 Å². The van der Waals surface area contributed by atoms with Gasteiger partial charge in [0.25, 0.3) is 0 Å². The lowest BCUT2D eigenvalue weighted by molar-refractivity contribution is 0.493. The van der Waals surface area contributed by atoms with Gasteiger partial charge in [0.1, 0.15) is 18.0 Å². The van der Waals surface area contributed by atoms with Crippen LogP contribution in [0.5, 0.6) is 0 Å². The van der Waals surface area contributed by atoms with Crippen LogP contribution in [0, 0.1) is 17.2 Å². The van der Waals surface area contributed by atoms with Crippen molar-refractivity contribution in [3.05, 3.63) is 24.7 Å². The Labute approximate surface area is 166 Å². The smallest absolute Gasteiger partial charge is 0.186 e. The van der Waals surface area contributed by atoms with E-state index in [-0.39, 0.29) is 5.92 Å². The molecule has 0 saturated carbocycles. The van der Waals surface area contributed by atoms with Crippen LogP contribution in [0.25, 0.3) is 10.2 Å². The first-order valence-electron chi connectivity index (χ1n) is 9.54. The molecule has 1 N–H and O–H groups in total. The van der Waals surface area contributed by atoms with Gasteiger partial charge in [0.05, 0.1) is 22.2 Å². The second-order valence-corrected chi connectivity index (χ2v) is 8.12. The molecule has 1 atom stereocenters. The molecule has 0 aromatic carbocycles. The number of thiazole rings is 1. The maximum atomic E-state index is 9.26. The van der Waals surface area contributed by atoms with Gasteiger partial charge >= 0.3 is 0 Å². The molecule has 2 fully saturated rings. The minimum Gasteiger partial charge on any atom is -0.356 e. The van der Waals surface area contributed by atoms with Gasteiger partial charge in [0, 0.05) is 38.4 Å². The van der Waals surface area contributed by atoms with E-state index in [1.54, 1.807) is 23.9 Å². The standard InChI is InChI=1S/C19H20N8S/c20-10-13-3-1-6-27(11-13)19-24-14-4-5-21-18(17(14)28-19)25-15-9-16(23-12-22-15)26-7-2-8-26/h4-5,9,12-13H,1-3,6-8,11H2,(H,21,22,23,25). The highest BCUT2D eigenvalue weighted by molar-refractivity contribution is 7.22. The van der Waals surface area contributed by atoms with Crippen molar-refractivity contribution in [2.45, 2.75) is 19.3 Å². The van der Waals surface area contributed by atoms with Crippen molar-refractivity contribution >= 4 is 44.1 Å². The Morgan fingerprint density at radius 2 is 2.04 bits per heavy atom. The lowest BCUT2D eigenvalue weighted by Crippen LogP contribution is -2.37. The van der Waals surface area contributed by atoms with E-state index in [4.69, 9.17) is 4.98 Å². The number of hydrogen-bond donors (Lipinski definition) is 1. The minimum atomic E-state index is 0.0810. The Morgan fingerprint density at radius 3 is 2.86 bits per heavy atom. The number of fused-ring (bicyclic) bond motifs is 1. The highest BCUT2D eigenvalue weighted by Gasteiger charge is 2.23. The summed E-state index contributed by atoms with van der Waals surface area (Å²) in [4.78, 5) is 22.5. The molecule has 0 spiro atoms. The summed E-state index contributed by atoms with van der Waals surface area (Å²) < 4.78 is 1.00. The molecule has 1 unspecified atom stereocenters. The molecule has 2 aliphatic heterocycles. The molecule has 2 saturated heterocycles. The van der Waals surface area contributed by atoms with Gasteiger partial charge in [-0.05, 0) is 25.3 Å². The summed E-state index contributed by atoms with van der Waals surface area (Å²) in [5.74, 6) is 2.51. The Hall–Kier alpha value is -2.99. The summed E-state index contributed by atoms with van der Waals surface area (Å²) in [7, 11) is 0. The average Bonchev–Trinajstić information content (AvgIpc) is 3.13. The first-order chi connectivity index (χ1) is 13.8. The van der Waals surface area contributed by atoms with E-state index >= 15 is 0 Å². The molecule has 5 rings (SSSR count). The van der Waals surface area contributed by atoms with Gasteiger partial charge < -0.3 is 15.1 Å². The zero-order valence-electron chi connectivity index (χ0n) is 15.4. The molecule has 3 aromatic heterocycles. The third-order valence-electron chi connectivity index (χ3n) is 5.25. The first-order valence-corrected chi connectivity index (χ1v) is 10.4. The van der Waals surface area contributed by atoms with E-state index < -0.39 is 0 Å². The average molecular weight is 392 g/mol. The van der Waals surface area contributed by atoms with Crippen molar-refractivity contribution in [1.29, 1.82) is 5.26 Å². The Kier molecular flexibility index (Phi) is 4.41. The van der Waals surface area contributed by atoms with Crippen LogP contribution in [0.3, 0.4) is 0 Å². The van der Waals surface area contributed by atoms with Crippen molar-refractivity contribution in [3.63, 3.8) is 0 Å². The fourth-order valence-corrected chi connectivity index (χ4v) is 4.62. The quantitative estimate of drug-likeness (QED) is 0.723. The van der Waals surface area contributed by atoms with E-state index in [9.17, 15) is 5.26 Å². The lowest BCUT2D eigenvalue weighted by Gasteiger charge is -2.31. The molecule has 0 aliphatic carbocycles. The molecule has 0 amide bonds. The fourth-order valence-electron chi connectivity index (χ4n) is 3.58. The van der Waals surface area contributed by atoms with E-state index in [0.29, 0.717) is 0 Å². The van der Waals surface area contributed by atoms with E-state index in [0.717, 1.165) is 71.8 Å². The van der Waals surface area contributed by atoms with Crippen LogP contribution in [0.15, 0.2) is 24.7 Å². The molecule has 0 bridgehead atoms. The van der Waals surface area contributed by atoms with Gasteiger partial charge in [-0.15, -0.1) is 0 Å². The highest BCUT2D eigenvalue weighted by Crippen LogP contribution is 2.35. The van der Waals surface area contributed by atoms with Gasteiger partial charge in [0.2, 0.25) is 0 Å². The third kappa shape index (κ3) is 3.20. The summed E-state index contributed by atoms with van der Waals surface area (Å²) in [6.07, 6.45) is 6.56. The van der Waals surface area contributed by atoms with Gasteiger partial charge in [-0.25, -0.2) is 19.9 Å².